The van der Waals surface area contributed by atoms with Crippen molar-refractivity contribution in [3.63, 3.8) is 0 Å². The van der Waals surface area contributed by atoms with Gasteiger partial charge in [-0.2, -0.15) is 0 Å². The summed E-state index contributed by atoms with van der Waals surface area (Å²) >= 11 is 0. The van der Waals surface area contributed by atoms with Gasteiger partial charge >= 0.3 is 0 Å². The van der Waals surface area contributed by atoms with Gasteiger partial charge in [-0.3, -0.25) is 0 Å². The molecule has 0 saturated heterocycles. The Morgan fingerprint density at radius 1 is 1.38 bits per heavy atom. The largest absolute Gasteiger partial charge is 0.319 e. The maximum atomic E-state index is 13.5. The second kappa shape index (κ2) is 4.96. The normalized spacial score (nSPS) is 24.9. The fraction of sp³-hybridized carbons (Fsp3) is 0.571. The minimum atomic E-state index is -0.0624. The molecule has 0 radical (unpaired) electrons. The summed E-state index contributed by atoms with van der Waals surface area (Å²) in [5.74, 6) is 1.15. The maximum Gasteiger partial charge on any atom is 0.126 e. The summed E-state index contributed by atoms with van der Waals surface area (Å²) in [7, 11) is 1.99. The van der Waals surface area contributed by atoms with E-state index in [1.165, 1.54) is 24.8 Å². The predicted octanol–water partition coefficient (Wildman–Crippen LogP) is 3.24. The van der Waals surface area contributed by atoms with E-state index < -0.39 is 0 Å². The molecule has 1 fully saturated rings. The van der Waals surface area contributed by atoms with Gasteiger partial charge in [0, 0.05) is 0 Å². The smallest absolute Gasteiger partial charge is 0.126 e. The van der Waals surface area contributed by atoms with Gasteiger partial charge < -0.3 is 5.32 Å². The summed E-state index contributed by atoms with van der Waals surface area (Å²) < 4.78 is 13.5. The van der Waals surface area contributed by atoms with Gasteiger partial charge in [0.15, 0.2) is 0 Å². The van der Waals surface area contributed by atoms with Crippen LogP contribution in [0.5, 0.6) is 0 Å². The van der Waals surface area contributed by atoms with Crippen LogP contribution in [0.15, 0.2) is 18.2 Å². The van der Waals surface area contributed by atoms with Crippen molar-refractivity contribution in [3.8, 4) is 0 Å². The number of nitrogens with one attached hydrogen (secondary N) is 1. The highest BCUT2D eigenvalue weighted by molar-refractivity contribution is 5.27. The van der Waals surface area contributed by atoms with Crippen molar-refractivity contribution < 1.29 is 4.39 Å². The lowest BCUT2D eigenvalue weighted by molar-refractivity contribution is 0.460. The standard InChI is InChI=1S/C14H20FN/c1-10-6-7-11(8-14(10)15)13-5-3-4-12(13)9-16-2/h6-8,12-13,16H,3-5,9H2,1-2H3. The molecule has 0 heterocycles. The molecule has 0 aliphatic heterocycles. The minimum absolute atomic E-state index is 0.0624. The molecule has 0 bridgehead atoms. The lowest BCUT2D eigenvalue weighted by Crippen LogP contribution is -2.21. The summed E-state index contributed by atoms with van der Waals surface area (Å²) in [4.78, 5) is 0. The molecule has 1 saturated carbocycles. The fourth-order valence-corrected chi connectivity index (χ4v) is 2.82. The van der Waals surface area contributed by atoms with E-state index in [2.05, 4.69) is 11.4 Å². The number of benzene rings is 1. The second-order valence-corrected chi connectivity index (χ2v) is 4.86. The zero-order chi connectivity index (χ0) is 11.5. The Kier molecular flexibility index (Phi) is 3.59. The lowest BCUT2D eigenvalue weighted by Gasteiger charge is -2.20. The second-order valence-electron chi connectivity index (χ2n) is 4.86. The number of aryl methyl sites for hydroxylation is 1. The van der Waals surface area contributed by atoms with E-state index in [1.54, 1.807) is 6.07 Å². The van der Waals surface area contributed by atoms with Gasteiger partial charge in [0.1, 0.15) is 5.82 Å². The van der Waals surface area contributed by atoms with Crippen molar-refractivity contribution in [1.29, 1.82) is 0 Å². The third-order valence-electron chi connectivity index (χ3n) is 3.75. The van der Waals surface area contributed by atoms with Gasteiger partial charge in [-0.1, -0.05) is 18.6 Å². The van der Waals surface area contributed by atoms with Crippen LogP contribution in [0.3, 0.4) is 0 Å². The van der Waals surface area contributed by atoms with E-state index in [-0.39, 0.29) is 5.82 Å². The first-order valence-corrected chi connectivity index (χ1v) is 6.13. The van der Waals surface area contributed by atoms with Crippen LogP contribution in [-0.2, 0) is 0 Å². The van der Waals surface area contributed by atoms with Crippen molar-refractivity contribution in [3.05, 3.63) is 35.1 Å². The number of halogens is 1. The number of hydrogen-bond donors (Lipinski definition) is 1. The molecule has 16 heavy (non-hydrogen) atoms. The topological polar surface area (TPSA) is 12.0 Å². The first-order valence-electron chi connectivity index (χ1n) is 6.13. The van der Waals surface area contributed by atoms with E-state index in [0.29, 0.717) is 11.8 Å². The zero-order valence-electron chi connectivity index (χ0n) is 10.1. The first-order chi connectivity index (χ1) is 7.72. The monoisotopic (exact) mass is 221 g/mol. The van der Waals surface area contributed by atoms with Crippen LogP contribution in [0.2, 0.25) is 0 Å². The van der Waals surface area contributed by atoms with Crippen LogP contribution in [0.25, 0.3) is 0 Å². The van der Waals surface area contributed by atoms with Crippen molar-refractivity contribution in [2.75, 3.05) is 13.6 Å². The third kappa shape index (κ3) is 2.27. The molecule has 1 aliphatic rings. The average Bonchev–Trinajstić information content (AvgIpc) is 2.71. The van der Waals surface area contributed by atoms with Crippen molar-refractivity contribution in [1.82, 2.24) is 5.32 Å². The van der Waals surface area contributed by atoms with E-state index in [1.807, 2.05) is 20.0 Å². The Bertz CT molecular complexity index is 362. The van der Waals surface area contributed by atoms with E-state index in [4.69, 9.17) is 0 Å². The Labute approximate surface area is 97.1 Å². The molecule has 2 unspecified atom stereocenters. The summed E-state index contributed by atoms with van der Waals surface area (Å²) in [6.07, 6.45) is 3.74. The predicted molar refractivity (Wildman–Crippen MR) is 65.1 cm³/mol. The zero-order valence-corrected chi connectivity index (χ0v) is 10.1. The Morgan fingerprint density at radius 3 is 2.88 bits per heavy atom. The van der Waals surface area contributed by atoms with Gasteiger partial charge in [0.25, 0.3) is 0 Å². The number of rotatable bonds is 3. The summed E-state index contributed by atoms with van der Waals surface area (Å²) in [6, 6.07) is 5.73. The first kappa shape index (κ1) is 11.6. The SMILES string of the molecule is CNCC1CCCC1c1ccc(C)c(F)c1. The Hall–Kier alpha value is -0.890. The molecule has 1 N–H and O–H groups in total. The molecule has 1 aromatic carbocycles. The van der Waals surface area contributed by atoms with Gasteiger partial charge in [0.2, 0.25) is 0 Å². The van der Waals surface area contributed by atoms with Crippen LogP contribution >= 0.6 is 0 Å². The molecule has 0 amide bonds. The number of hydrogen-bond acceptors (Lipinski definition) is 1. The van der Waals surface area contributed by atoms with E-state index >= 15 is 0 Å². The summed E-state index contributed by atoms with van der Waals surface area (Å²) in [5, 5.41) is 3.24. The molecule has 2 atom stereocenters. The van der Waals surface area contributed by atoms with E-state index in [9.17, 15) is 4.39 Å². The van der Waals surface area contributed by atoms with Crippen molar-refractivity contribution in [2.24, 2.45) is 5.92 Å². The minimum Gasteiger partial charge on any atom is -0.319 e. The molecule has 0 spiro atoms. The molecular weight excluding hydrogens is 201 g/mol. The van der Waals surface area contributed by atoms with Crippen LogP contribution in [-0.4, -0.2) is 13.6 Å². The van der Waals surface area contributed by atoms with Crippen molar-refractivity contribution in [2.45, 2.75) is 32.1 Å². The Balaban J connectivity index is 2.19. The summed E-state index contributed by atoms with van der Waals surface area (Å²) in [6.45, 7) is 2.86. The van der Waals surface area contributed by atoms with Crippen LogP contribution < -0.4 is 5.32 Å². The summed E-state index contributed by atoms with van der Waals surface area (Å²) in [5.41, 5.74) is 1.92. The fourth-order valence-electron chi connectivity index (χ4n) is 2.82. The highest BCUT2D eigenvalue weighted by atomic mass is 19.1. The molecule has 1 aromatic rings. The molecule has 88 valence electrons. The molecule has 1 aliphatic carbocycles. The third-order valence-corrected chi connectivity index (χ3v) is 3.75. The van der Waals surface area contributed by atoms with Gasteiger partial charge in [-0.25, -0.2) is 4.39 Å². The van der Waals surface area contributed by atoms with Crippen LogP contribution in [0.1, 0.15) is 36.3 Å². The molecule has 0 aromatic heterocycles. The lowest BCUT2D eigenvalue weighted by atomic mass is 9.88. The molecular formula is C14H20FN. The molecule has 1 nitrogen and oxygen atoms in total. The Morgan fingerprint density at radius 2 is 2.19 bits per heavy atom. The highest BCUT2D eigenvalue weighted by Crippen LogP contribution is 2.39. The van der Waals surface area contributed by atoms with Crippen molar-refractivity contribution >= 4 is 0 Å². The van der Waals surface area contributed by atoms with Crippen LogP contribution in [0, 0.1) is 18.7 Å². The quantitative estimate of drug-likeness (QED) is 0.826. The average molecular weight is 221 g/mol. The highest BCUT2D eigenvalue weighted by Gasteiger charge is 2.28. The molecule has 2 heteroatoms. The van der Waals surface area contributed by atoms with E-state index in [0.717, 1.165) is 12.1 Å². The van der Waals surface area contributed by atoms with Gasteiger partial charge in [-0.15, -0.1) is 0 Å². The van der Waals surface area contributed by atoms with Crippen LogP contribution in [0.4, 0.5) is 4.39 Å². The van der Waals surface area contributed by atoms with Gasteiger partial charge in [0.05, 0.1) is 0 Å². The van der Waals surface area contributed by atoms with Gasteiger partial charge in [-0.05, 0) is 62.4 Å². The maximum absolute atomic E-state index is 13.5. The molecule has 2 rings (SSSR count).